The third-order valence-electron chi connectivity index (χ3n) is 5.55. The van der Waals surface area contributed by atoms with Gasteiger partial charge >= 0.3 is 5.97 Å². The maximum atomic E-state index is 13.1. The molecule has 0 aromatic carbocycles. The summed E-state index contributed by atoms with van der Waals surface area (Å²) in [6.07, 6.45) is 0.115. The molecule has 1 N–H and O–H groups in total. The summed E-state index contributed by atoms with van der Waals surface area (Å²) in [5.74, 6) is -0.242. The summed E-state index contributed by atoms with van der Waals surface area (Å²) in [5, 5.41) is 10.9. The predicted molar refractivity (Wildman–Crippen MR) is 98.9 cm³/mol. The summed E-state index contributed by atoms with van der Waals surface area (Å²) in [7, 11) is 1.55. The second-order valence-electron chi connectivity index (χ2n) is 6.99. The van der Waals surface area contributed by atoms with Crippen LogP contribution in [0.2, 0.25) is 0 Å². The molecule has 8 heteroatoms. The van der Waals surface area contributed by atoms with E-state index in [1.165, 1.54) is 0 Å². The van der Waals surface area contributed by atoms with Gasteiger partial charge < -0.3 is 19.1 Å². The second-order valence-corrected chi connectivity index (χ2v) is 6.99. The molecule has 5 rings (SSSR count). The lowest BCUT2D eigenvalue weighted by Crippen LogP contribution is -2.44. The molecule has 0 bridgehead atoms. The van der Waals surface area contributed by atoms with Crippen molar-refractivity contribution < 1.29 is 19.4 Å². The quantitative estimate of drug-likeness (QED) is 0.526. The van der Waals surface area contributed by atoms with Gasteiger partial charge in [0, 0.05) is 17.2 Å². The molecule has 2 aliphatic heterocycles. The molecule has 0 radical (unpaired) electrons. The van der Waals surface area contributed by atoms with Gasteiger partial charge in [-0.1, -0.05) is 6.92 Å². The van der Waals surface area contributed by atoms with E-state index in [-0.39, 0.29) is 18.6 Å². The first-order chi connectivity index (χ1) is 13.5. The lowest BCUT2D eigenvalue weighted by Gasteiger charge is -2.31. The molecule has 0 fully saturated rings. The van der Waals surface area contributed by atoms with E-state index < -0.39 is 11.6 Å². The number of fused-ring (bicyclic) bond motifs is 5. The number of methoxy groups -OCH3 is 1. The summed E-state index contributed by atoms with van der Waals surface area (Å²) in [4.78, 5) is 34.3. The highest BCUT2D eigenvalue weighted by Crippen LogP contribution is 2.38. The number of pyridine rings is 3. The van der Waals surface area contributed by atoms with Crippen LogP contribution in [0.5, 0.6) is 5.88 Å². The second kappa shape index (κ2) is 5.62. The van der Waals surface area contributed by atoms with Crippen LogP contribution in [0.1, 0.15) is 30.0 Å². The molecule has 0 aliphatic carbocycles. The van der Waals surface area contributed by atoms with Gasteiger partial charge in [-0.05, 0) is 24.6 Å². The van der Waals surface area contributed by atoms with Crippen molar-refractivity contribution >= 4 is 17.0 Å². The van der Waals surface area contributed by atoms with Crippen LogP contribution in [-0.2, 0) is 28.3 Å². The van der Waals surface area contributed by atoms with Crippen LogP contribution in [0.15, 0.2) is 29.1 Å². The molecule has 142 valence electrons. The summed E-state index contributed by atoms with van der Waals surface area (Å²) in [6.45, 7) is 1.89. The smallest absolute Gasteiger partial charge is 0.343 e. The number of aliphatic hydroxyl groups is 1. The molecular weight excluding hydrogens is 362 g/mol. The molecule has 3 aromatic heterocycles. The molecule has 0 spiro atoms. The van der Waals surface area contributed by atoms with Crippen molar-refractivity contribution in [1.82, 2.24) is 14.5 Å². The highest BCUT2D eigenvalue weighted by Gasteiger charge is 2.45. The Bertz CT molecular complexity index is 1230. The van der Waals surface area contributed by atoms with Crippen molar-refractivity contribution in [2.45, 2.75) is 32.1 Å². The van der Waals surface area contributed by atoms with Crippen molar-refractivity contribution in [3.8, 4) is 17.3 Å². The van der Waals surface area contributed by atoms with Gasteiger partial charge in [0.15, 0.2) is 5.60 Å². The zero-order valence-corrected chi connectivity index (χ0v) is 15.4. The maximum Gasteiger partial charge on any atom is 0.343 e. The van der Waals surface area contributed by atoms with E-state index in [4.69, 9.17) is 9.47 Å². The van der Waals surface area contributed by atoms with Crippen LogP contribution in [-0.4, -0.2) is 32.7 Å². The van der Waals surface area contributed by atoms with Crippen molar-refractivity contribution in [3.05, 3.63) is 51.3 Å². The minimum atomic E-state index is -1.82. The van der Waals surface area contributed by atoms with Crippen LogP contribution in [0.25, 0.3) is 22.4 Å². The summed E-state index contributed by atoms with van der Waals surface area (Å²) in [5.41, 5.74) is 1.94. The summed E-state index contributed by atoms with van der Waals surface area (Å²) < 4.78 is 11.8. The number of nitrogens with zero attached hydrogens (tertiary/aromatic N) is 3. The topological polar surface area (TPSA) is 104 Å². The number of rotatable bonds is 2. The van der Waals surface area contributed by atoms with E-state index in [0.29, 0.717) is 46.0 Å². The van der Waals surface area contributed by atoms with Crippen LogP contribution >= 0.6 is 0 Å². The standard InChI is InChI=1S/C20H17N3O5/c1-3-20(26)12-7-15-17-10(6-14-13(22-17)4-5-16(21-14)27-2)8-23(15)18(24)11(12)9-28-19(20)25/h4-7,26H,3,8-9H2,1-2H3/t20-/m0/s1. The fraction of sp³-hybridized carbons (Fsp3) is 0.300. The Kier molecular flexibility index (Phi) is 3.39. The SMILES string of the molecule is CC[C@@]1(O)C(=O)OCc2c1cc1n(c2=O)Cc2cc3nc(OC)ccc3nc2-1. The van der Waals surface area contributed by atoms with Crippen molar-refractivity contribution in [3.63, 3.8) is 0 Å². The van der Waals surface area contributed by atoms with Gasteiger partial charge in [0.1, 0.15) is 6.61 Å². The fourth-order valence-corrected chi connectivity index (χ4v) is 3.95. The number of aromatic nitrogens is 3. The molecule has 1 atom stereocenters. The van der Waals surface area contributed by atoms with Gasteiger partial charge in [-0.3, -0.25) is 4.79 Å². The van der Waals surface area contributed by atoms with E-state index in [9.17, 15) is 14.7 Å². The average molecular weight is 379 g/mol. The highest BCUT2D eigenvalue weighted by atomic mass is 16.6. The van der Waals surface area contributed by atoms with Crippen molar-refractivity contribution in [1.29, 1.82) is 0 Å². The first kappa shape index (κ1) is 16.9. The molecule has 5 heterocycles. The van der Waals surface area contributed by atoms with Crippen LogP contribution in [0.4, 0.5) is 0 Å². The monoisotopic (exact) mass is 379 g/mol. The average Bonchev–Trinajstić information content (AvgIpc) is 3.07. The first-order valence-corrected chi connectivity index (χ1v) is 8.98. The number of ether oxygens (including phenoxy) is 2. The number of cyclic esters (lactones) is 1. The lowest BCUT2D eigenvalue weighted by molar-refractivity contribution is -0.172. The van der Waals surface area contributed by atoms with E-state index in [1.54, 1.807) is 36.8 Å². The molecule has 0 unspecified atom stereocenters. The largest absolute Gasteiger partial charge is 0.481 e. The summed E-state index contributed by atoms with van der Waals surface area (Å²) in [6, 6.07) is 7.12. The van der Waals surface area contributed by atoms with Gasteiger partial charge in [-0.15, -0.1) is 0 Å². The molecule has 0 amide bonds. The molecular formula is C20H17N3O5. The molecule has 0 saturated carbocycles. The Hall–Kier alpha value is -3.26. The highest BCUT2D eigenvalue weighted by molar-refractivity contribution is 5.85. The number of hydrogen-bond acceptors (Lipinski definition) is 7. The first-order valence-electron chi connectivity index (χ1n) is 8.98. The molecule has 28 heavy (non-hydrogen) atoms. The van der Waals surface area contributed by atoms with Crippen LogP contribution in [0.3, 0.4) is 0 Å². The Balaban J connectivity index is 1.76. The molecule has 3 aromatic rings. The Morgan fingerprint density at radius 1 is 1.25 bits per heavy atom. The Morgan fingerprint density at radius 2 is 2.07 bits per heavy atom. The van der Waals surface area contributed by atoms with Gasteiger partial charge in [0.2, 0.25) is 5.88 Å². The van der Waals surface area contributed by atoms with Gasteiger partial charge in [-0.2, -0.15) is 0 Å². The number of esters is 1. The van der Waals surface area contributed by atoms with E-state index in [0.717, 1.165) is 5.56 Å². The van der Waals surface area contributed by atoms with Crippen molar-refractivity contribution in [2.24, 2.45) is 0 Å². The fourth-order valence-electron chi connectivity index (χ4n) is 3.95. The minimum absolute atomic E-state index is 0.115. The van der Waals surface area contributed by atoms with Gasteiger partial charge in [0.05, 0.1) is 41.6 Å². The lowest BCUT2D eigenvalue weighted by atomic mass is 9.86. The van der Waals surface area contributed by atoms with E-state index >= 15 is 0 Å². The Morgan fingerprint density at radius 3 is 2.82 bits per heavy atom. The van der Waals surface area contributed by atoms with Crippen molar-refractivity contribution in [2.75, 3.05) is 7.11 Å². The molecule has 0 saturated heterocycles. The maximum absolute atomic E-state index is 13.1. The normalized spacial score (nSPS) is 19.8. The third-order valence-corrected chi connectivity index (χ3v) is 5.55. The van der Waals surface area contributed by atoms with Gasteiger partial charge in [-0.25, -0.2) is 14.8 Å². The predicted octanol–water partition coefficient (Wildman–Crippen LogP) is 1.48. The zero-order valence-electron chi connectivity index (χ0n) is 15.4. The van der Waals surface area contributed by atoms with Crippen LogP contribution < -0.4 is 10.3 Å². The minimum Gasteiger partial charge on any atom is -0.481 e. The third kappa shape index (κ3) is 2.09. The van der Waals surface area contributed by atoms with E-state index in [2.05, 4.69) is 9.97 Å². The van der Waals surface area contributed by atoms with Gasteiger partial charge in [0.25, 0.3) is 5.56 Å². The zero-order chi connectivity index (χ0) is 19.6. The van der Waals surface area contributed by atoms with Crippen LogP contribution in [0, 0.1) is 0 Å². The number of hydrogen-bond donors (Lipinski definition) is 1. The number of carbonyl (C=O) groups is 1. The number of carbonyl (C=O) groups excluding carboxylic acids is 1. The molecule has 2 aliphatic rings. The Labute approximate surface area is 159 Å². The molecule has 8 nitrogen and oxygen atoms in total. The summed E-state index contributed by atoms with van der Waals surface area (Å²) >= 11 is 0. The van der Waals surface area contributed by atoms with E-state index in [1.807, 2.05) is 6.07 Å².